The smallest absolute Gasteiger partial charge is 0.0558 e. The minimum atomic E-state index is 0.291. The van der Waals surface area contributed by atoms with Crippen LogP contribution in [0.2, 0.25) is 0 Å². The molecule has 0 atom stereocenters. The molecule has 0 aromatic carbocycles. The second-order valence-corrected chi connectivity index (χ2v) is 6.70. The Morgan fingerprint density at radius 2 is 1.65 bits per heavy atom. The third-order valence-electron chi connectivity index (χ3n) is 5.28. The van der Waals surface area contributed by atoms with Crippen molar-refractivity contribution in [1.29, 1.82) is 0 Å². The van der Waals surface area contributed by atoms with Crippen LogP contribution in [0.25, 0.3) is 0 Å². The summed E-state index contributed by atoms with van der Waals surface area (Å²) < 4.78 is 0. The normalized spacial score (nSPS) is 22.4. The molecule has 0 radical (unpaired) electrons. The molecular weight excluding hydrogens is 250 g/mol. The maximum Gasteiger partial charge on any atom is 0.0558 e. The van der Waals surface area contributed by atoms with Crippen LogP contribution in [0.3, 0.4) is 0 Å². The summed E-state index contributed by atoms with van der Waals surface area (Å²) in [7, 11) is 0. The molecular formula is C16H33N3O. The van der Waals surface area contributed by atoms with Crippen LogP contribution in [-0.2, 0) is 0 Å². The lowest BCUT2D eigenvalue weighted by Gasteiger charge is -2.41. The first-order chi connectivity index (χ1) is 9.71. The molecule has 1 heterocycles. The lowest BCUT2D eigenvalue weighted by Crippen LogP contribution is -2.52. The van der Waals surface area contributed by atoms with Gasteiger partial charge in [-0.3, -0.25) is 4.90 Å². The van der Waals surface area contributed by atoms with Gasteiger partial charge in [0.05, 0.1) is 6.61 Å². The molecule has 0 unspecified atom stereocenters. The number of nitrogens with one attached hydrogen (secondary N) is 1. The van der Waals surface area contributed by atoms with Crippen LogP contribution in [0.15, 0.2) is 0 Å². The van der Waals surface area contributed by atoms with Gasteiger partial charge in [0.2, 0.25) is 0 Å². The fraction of sp³-hybridized carbons (Fsp3) is 1.00. The third-order valence-corrected chi connectivity index (χ3v) is 5.28. The van der Waals surface area contributed by atoms with E-state index in [2.05, 4.69) is 29.0 Å². The van der Waals surface area contributed by atoms with Gasteiger partial charge in [0.15, 0.2) is 0 Å². The van der Waals surface area contributed by atoms with E-state index in [4.69, 9.17) is 5.11 Å². The summed E-state index contributed by atoms with van der Waals surface area (Å²) in [5.41, 5.74) is 0.446. The number of rotatable bonds is 9. The second-order valence-electron chi connectivity index (χ2n) is 6.70. The molecule has 1 saturated heterocycles. The molecule has 2 aliphatic rings. The Morgan fingerprint density at radius 1 is 1.05 bits per heavy atom. The second kappa shape index (κ2) is 7.74. The Hall–Kier alpha value is -0.160. The largest absolute Gasteiger partial charge is 0.395 e. The molecule has 0 bridgehead atoms. The molecule has 20 heavy (non-hydrogen) atoms. The molecule has 1 aliphatic heterocycles. The number of β-amino-alcohol motifs (C(OH)–C–C–N with tert-alkyl or cyclic N) is 1. The van der Waals surface area contributed by atoms with E-state index >= 15 is 0 Å². The maximum atomic E-state index is 9.01. The van der Waals surface area contributed by atoms with Gasteiger partial charge >= 0.3 is 0 Å². The standard InChI is InChI=1S/C16H33N3O/c1-3-16(4-2,13-17-15-5-6-15)14-19-9-7-18(8-10-19)11-12-20/h15,17,20H,3-14H2,1-2H3. The zero-order chi connectivity index (χ0) is 14.4. The number of piperazine rings is 1. The topological polar surface area (TPSA) is 38.7 Å². The average molecular weight is 283 g/mol. The summed E-state index contributed by atoms with van der Waals surface area (Å²) in [5, 5.41) is 12.8. The van der Waals surface area contributed by atoms with Crippen LogP contribution in [0.4, 0.5) is 0 Å². The molecule has 2 fully saturated rings. The summed E-state index contributed by atoms with van der Waals surface area (Å²) in [4.78, 5) is 5.01. The van der Waals surface area contributed by atoms with Crippen LogP contribution in [0.5, 0.6) is 0 Å². The van der Waals surface area contributed by atoms with Crippen molar-refractivity contribution in [2.75, 3.05) is 52.4 Å². The van der Waals surface area contributed by atoms with Crippen molar-refractivity contribution in [1.82, 2.24) is 15.1 Å². The Balaban J connectivity index is 1.78. The fourth-order valence-electron chi connectivity index (χ4n) is 3.21. The number of aliphatic hydroxyl groups excluding tert-OH is 1. The summed E-state index contributed by atoms with van der Waals surface area (Å²) in [5.74, 6) is 0. The van der Waals surface area contributed by atoms with Crippen molar-refractivity contribution in [2.45, 2.75) is 45.6 Å². The Kier molecular flexibility index (Phi) is 6.27. The predicted molar refractivity (Wildman–Crippen MR) is 84.0 cm³/mol. The Morgan fingerprint density at radius 3 is 2.15 bits per heavy atom. The lowest BCUT2D eigenvalue weighted by atomic mass is 9.81. The first kappa shape index (κ1) is 16.2. The van der Waals surface area contributed by atoms with E-state index in [-0.39, 0.29) is 0 Å². The lowest BCUT2D eigenvalue weighted by molar-refractivity contribution is 0.0701. The monoisotopic (exact) mass is 283 g/mol. The minimum Gasteiger partial charge on any atom is -0.395 e. The number of aliphatic hydroxyl groups is 1. The summed E-state index contributed by atoms with van der Waals surface area (Å²) in [6.07, 6.45) is 5.28. The van der Waals surface area contributed by atoms with Gasteiger partial charge in [0, 0.05) is 51.9 Å². The first-order valence-electron chi connectivity index (χ1n) is 8.50. The van der Waals surface area contributed by atoms with Crippen molar-refractivity contribution < 1.29 is 5.11 Å². The van der Waals surface area contributed by atoms with Crippen molar-refractivity contribution in [3.63, 3.8) is 0 Å². The predicted octanol–water partition coefficient (Wildman–Crippen LogP) is 1.15. The molecule has 4 nitrogen and oxygen atoms in total. The van der Waals surface area contributed by atoms with Gasteiger partial charge < -0.3 is 15.3 Å². The zero-order valence-corrected chi connectivity index (χ0v) is 13.4. The highest BCUT2D eigenvalue weighted by molar-refractivity contribution is 4.89. The van der Waals surface area contributed by atoms with Crippen LogP contribution in [-0.4, -0.2) is 73.4 Å². The van der Waals surface area contributed by atoms with E-state index < -0.39 is 0 Å². The molecule has 2 rings (SSSR count). The van der Waals surface area contributed by atoms with Crippen molar-refractivity contribution >= 4 is 0 Å². The van der Waals surface area contributed by atoms with E-state index in [0.717, 1.165) is 38.8 Å². The van der Waals surface area contributed by atoms with Crippen molar-refractivity contribution in [3.05, 3.63) is 0 Å². The van der Waals surface area contributed by atoms with E-state index in [9.17, 15) is 0 Å². The average Bonchev–Trinajstić information content (AvgIpc) is 3.30. The van der Waals surface area contributed by atoms with E-state index in [1.807, 2.05) is 0 Å². The van der Waals surface area contributed by atoms with Crippen molar-refractivity contribution in [3.8, 4) is 0 Å². The third kappa shape index (κ3) is 4.69. The quantitative estimate of drug-likeness (QED) is 0.666. The van der Waals surface area contributed by atoms with Crippen LogP contribution in [0, 0.1) is 5.41 Å². The molecule has 1 aliphatic carbocycles. The summed E-state index contributed by atoms with van der Waals surface area (Å²) in [6, 6.07) is 0.814. The van der Waals surface area contributed by atoms with Gasteiger partial charge in [0.25, 0.3) is 0 Å². The number of nitrogens with zero attached hydrogens (tertiary/aromatic N) is 2. The van der Waals surface area contributed by atoms with E-state index in [1.165, 1.54) is 38.8 Å². The van der Waals surface area contributed by atoms with E-state index in [1.54, 1.807) is 0 Å². The molecule has 0 aromatic heterocycles. The molecule has 0 spiro atoms. The molecule has 0 amide bonds. The molecule has 4 heteroatoms. The summed E-state index contributed by atoms with van der Waals surface area (Å²) >= 11 is 0. The van der Waals surface area contributed by atoms with Gasteiger partial charge in [-0.2, -0.15) is 0 Å². The number of hydrogen-bond donors (Lipinski definition) is 2. The van der Waals surface area contributed by atoms with E-state index in [0.29, 0.717) is 12.0 Å². The Labute approximate surface area is 124 Å². The van der Waals surface area contributed by atoms with Gasteiger partial charge in [-0.05, 0) is 31.1 Å². The zero-order valence-electron chi connectivity index (χ0n) is 13.4. The fourth-order valence-corrected chi connectivity index (χ4v) is 3.21. The van der Waals surface area contributed by atoms with Gasteiger partial charge in [-0.25, -0.2) is 0 Å². The highest BCUT2D eigenvalue weighted by Gasteiger charge is 2.32. The highest BCUT2D eigenvalue weighted by Crippen LogP contribution is 2.29. The van der Waals surface area contributed by atoms with Crippen molar-refractivity contribution in [2.24, 2.45) is 5.41 Å². The van der Waals surface area contributed by atoms with Gasteiger partial charge in [0.1, 0.15) is 0 Å². The molecule has 2 N–H and O–H groups in total. The number of hydrogen-bond acceptors (Lipinski definition) is 4. The Bertz CT molecular complexity index is 269. The van der Waals surface area contributed by atoms with Crippen LogP contribution >= 0.6 is 0 Å². The molecule has 118 valence electrons. The first-order valence-corrected chi connectivity index (χ1v) is 8.50. The van der Waals surface area contributed by atoms with Gasteiger partial charge in [-0.1, -0.05) is 13.8 Å². The van der Waals surface area contributed by atoms with Crippen LogP contribution < -0.4 is 5.32 Å². The SMILES string of the molecule is CCC(CC)(CNC1CC1)CN1CCN(CCO)CC1. The van der Waals surface area contributed by atoms with Crippen LogP contribution in [0.1, 0.15) is 39.5 Å². The van der Waals surface area contributed by atoms with Gasteiger partial charge in [-0.15, -0.1) is 0 Å². The summed E-state index contributed by atoms with van der Waals surface area (Å²) in [6.45, 7) is 12.8. The molecule has 1 saturated carbocycles. The minimum absolute atomic E-state index is 0.291. The highest BCUT2D eigenvalue weighted by atomic mass is 16.3. The molecule has 0 aromatic rings. The maximum absolute atomic E-state index is 9.01.